The molecule has 3 heterocycles. The highest BCUT2D eigenvalue weighted by Gasteiger charge is 2.10. The predicted molar refractivity (Wildman–Crippen MR) is 74.3 cm³/mol. The van der Waals surface area contributed by atoms with Gasteiger partial charge in [0.1, 0.15) is 0 Å². The molecular formula is C13H9N5S. The molecule has 0 spiro atoms. The Bertz CT molecular complexity index is 828. The number of hydrogen-bond donors (Lipinski definition) is 1. The van der Waals surface area contributed by atoms with Gasteiger partial charge in [-0.3, -0.25) is 4.57 Å². The largest absolute Gasteiger partial charge is 0.342 e. The molecule has 0 unspecified atom stereocenters. The Labute approximate surface area is 112 Å². The molecule has 0 saturated carbocycles. The van der Waals surface area contributed by atoms with Crippen molar-refractivity contribution in [1.29, 1.82) is 0 Å². The standard InChI is InChI=1S/C13H9N5S/c1-2-10-11(19-8-17-10)7-9(1)18-6-5-16-13(18)12-14-3-4-15-12/h1-8H,(H,14,15). The van der Waals surface area contributed by atoms with E-state index < -0.39 is 0 Å². The van der Waals surface area contributed by atoms with Crippen molar-refractivity contribution < 1.29 is 0 Å². The van der Waals surface area contributed by atoms with E-state index in [-0.39, 0.29) is 0 Å². The van der Waals surface area contributed by atoms with Crippen molar-refractivity contribution in [2.75, 3.05) is 0 Å². The van der Waals surface area contributed by atoms with E-state index in [0.29, 0.717) is 0 Å². The number of imidazole rings is 2. The van der Waals surface area contributed by atoms with Crippen molar-refractivity contribution in [1.82, 2.24) is 24.5 Å². The summed E-state index contributed by atoms with van der Waals surface area (Å²) >= 11 is 1.63. The van der Waals surface area contributed by atoms with Crippen LogP contribution in [0.15, 0.2) is 48.5 Å². The Hall–Kier alpha value is -2.47. The first-order chi connectivity index (χ1) is 9.42. The van der Waals surface area contributed by atoms with Crippen LogP contribution in [0.2, 0.25) is 0 Å². The number of H-pyrrole nitrogens is 1. The van der Waals surface area contributed by atoms with E-state index >= 15 is 0 Å². The fraction of sp³-hybridized carbons (Fsp3) is 0. The topological polar surface area (TPSA) is 59.4 Å². The zero-order valence-corrected chi connectivity index (χ0v) is 10.6. The minimum atomic E-state index is 0.759. The van der Waals surface area contributed by atoms with Crippen LogP contribution in [0.4, 0.5) is 0 Å². The average molecular weight is 267 g/mol. The third kappa shape index (κ3) is 1.65. The lowest BCUT2D eigenvalue weighted by molar-refractivity contribution is 1.04. The molecule has 1 aromatic carbocycles. The van der Waals surface area contributed by atoms with Crippen LogP contribution >= 0.6 is 11.3 Å². The molecule has 0 atom stereocenters. The highest BCUT2D eigenvalue weighted by Crippen LogP contribution is 2.24. The lowest BCUT2D eigenvalue weighted by Gasteiger charge is -2.05. The van der Waals surface area contributed by atoms with Gasteiger partial charge < -0.3 is 4.98 Å². The fourth-order valence-electron chi connectivity index (χ4n) is 2.07. The lowest BCUT2D eigenvalue weighted by Crippen LogP contribution is -1.97. The first kappa shape index (κ1) is 10.5. The van der Waals surface area contributed by atoms with E-state index in [1.165, 1.54) is 0 Å². The van der Waals surface area contributed by atoms with Crippen LogP contribution in [-0.4, -0.2) is 24.5 Å². The molecule has 5 nitrogen and oxygen atoms in total. The maximum atomic E-state index is 4.36. The predicted octanol–water partition coefficient (Wildman–Crippen LogP) is 2.87. The highest BCUT2D eigenvalue weighted by molar-refractivity contribution is 7.16. The molecule has 6 heteroatoms. The van der Waals surface area contributed by atoms with Crippen LogP contribution in [0.3, 0.4) is 0 Å². The number of fused-ring (bicyclic) bond motifs is 1. The number of thiazole rings is 1. The normalized spacial score (nSPS) is 11.2. The second-order valence-corrected chi connectivity index (χ2v) is 4.95. The fourth-order valence-corrected chi connectivity index (χ4v) is 2.78. The second-order valence-electron chi connectivity index (χ2n) is 4.06. The Morgan fingerprint density at radius 1 is 1.11 bits per heavy atom. The summed E-state index contributed by atoms with van der Waals surface area (Å²) in [5.41, 5.74) is 3.93. The minimum Gasteiger partial charge on any atom is -0.342 e. The molecule has 0 aliphatic rings. The van der Waals surface area contributed by atoms with Gasteiger partial charge in [-0.15, -0.1) is 11.3 Å². The molecule has 0 aliphatic carbocycles. The van der Waals surface area contributed by atoms with Crippen molar-refractivity contribution in [2.45, 2.75) is 0 Å². The molecule has 0 fully saturated rings. The molecule has 4 rings (SSSR count). The highest BCUT2D eigenvalue weighted by atomic mass is 32.1. The summed E-state index contributed by atoms with van der Waals surface area (Å²) in [5.74, 6) is 1.56. The number of rotatable bonds is 2. The summed E-state index contributed by atoms with van der Waals surface area (Å²) in [6, 6.07) is 6.17. The van der Waals surface area contributed by atoms with Gasteiger partial charge in [0.2, 0.25) is 0 Å². The Balaban J connectivity index is 1.90. The second kappa shape index (κ2) is 4.03. The van der Waals surface area contributed by atoms with Crippen LogP contribution in [0.5, 0.6) is 0 Å². The van der Waals surface area contributed by atoms with Gasteiger partial charge in [-0.05, 0) is 18.2 Å². The van der Waals surface area contributed by atoms with Gasteiger partial charge in [0.25, 0.3) is 0 Å². The van der Waals surface area contributed by atoms with Gasteiger partial charge in [0.15, 0.2) is 11.6 Å². The summed E-state index contributed by atoms with van der Waals surface area (Å²) in [7, 11) is 0. The van der Waals surface area contributed by atoms with Crippen molar-refractivity contribution >= 4 is 21.6 Å². The van der Waals surface area contributed by atoms with E-state index in [2.05, 4.69) is 26.0 Å². The van der Waals surface area contributed by atoms with Crippen LogP contribution in [0, 0.1) is 0 Å². The monoisotopic (exact) mass is 267 g/mol. The minimum absolute atomic E-state index is 0.759. The average Bonchev–Trinajstić information content (AvgIpc) is 3.18. The molecule has 0 bridgehead atoms. The van der Waals surface area contributed by atoms with E-state index in [1.807, 2.05) is 28.4 Å². The molecule has 4 aromatic rings. The van der Waals surface area contributed by atoms with E-state index in [9.17, 15) is 0 Å². The Morgan fingerprint density at radius 3 is 3.00 bits per heavy atom. The Kier molecular flexibility index (Phi) is 2.22. The molecule has 1 N–H and O–H groups in total. The summed E-state index contributed by atoms with van der Waals surface area (Å²) in [4.78, 5) is 16.0. The van der Waals surface area contributed by atoms with E-state index in [0.717, 1.165) is 27.6 Å². The van der Waals surface area contributed by atoms with Crippen molar-refractivity contribution in [3.05, 3.63) is 48.5 Å². The number of aromatic nitrogens is 5. The summed E-state index contributed by atoms with van der Waals surface area (Å²) in [6.07, 6.45) is 7.22. The first-order valence-electron chi connectivity index (χ1n) is 5.78. The molecule has 0 aliphatic heterocycles. The molecular weight excluding hydrogens is 258 g/mol. The number of nitrogens with one attached hydrogen (secondary N) is 1. The van der Waals surface area contributed by atoms with Gasteiger partial charge in [-0.1, -0.05) is 0 Å². The van der Waals surface area contributed by atoms with Crippen molar-refractivity contribution in [3.63, 3.8) is 0 Å². The van der Waals surface area contributed by atoms with Crippen LogP contribution in [-0.2, 0) is 0 Å². The number of aromatic amines is 1. The Morgan fingerprint density at radius 2 is 2.11 bits per heavy atom. The van der Waals surface area contributed by atoms with Gasteiger partial charge in [-0.25, -0.2) is 15.0 Å². The quantitative estimate of drug-likeness (QED) is 0.607. The van der Waals surface area contributed by atoms with E-state index in [4.69, 9.17) is 0 Å². The lowest BCUT2D eigenvalue weighted by atomic mass is 10.3. The van der Waals surface area contributed by atoms with Crippen molar-refractivity contribution in [3.8, 4) is 17.3 Å². The number of benzene rings is 1. The molecule has 19 heavy (non-hydrogen) atoms. The summed E-state index contributed by atoms with van der Waals surface area (Å²) in [6.45, 7) is 0. The van der Waals surface area contributed by atoms with Crippen LogP contribution in [0.25, 0.3) is 27.6 Å². The van der Waals surface area contributed by atoms with Gasteiger partial charge in [0.05, 0.1) is 15.7 Å². The molecule has 0 amide bonds. The summed E-state index contributed by atoms with van der Waals surface area (Å²) in [5, 5.41) is 0. The zero-order chi connectivity index (χ0) is 12.7. The molecule has 3 aromatic heterocycles. The van der Waals surface area contributed by atoms with Crippen LogP contribution in [0.1, 0.15) is 0 Å². The summed E-state index contributed by atoms with van der Waals surface area (Å²) < 4.78 is 3.18. The van der Waals surface area contributed by atoms with Crippen molar-refractivity contribution in [2.24, 2.45) is 0 Å². The van der Waals surface area contributed by atoms with Gasteiger partial charge in [-0.2, -0.15) is 0 Å². The molecule has 92 valence electrons. The van der Waals surface area contributed by atoms with Gasteiger partial charge in [0, 0.05) is 30.5 Å². The smallest absolute Gasteiger partial charge is 0.180 e. The van der Waals surface area contributed by atoms with E-state index in [1.54, 1.807) is 29.9 Å². The molecule has 0 saturated heterocycles. The number of hydrogen-bond acceptors (Lipinski definition) is 4. The van der Waals surface area contributed by atoms with Gasteiger partial charge >= 0.3 is 0 Å². The van der Waals surface area contributed by atoms with Crippen LogP contribution < -0.4 is 0 Å². The maximum Gasteiger partial charge on any atom is 0.180 e. The zero-order valence-electron chi connectivity index (χ0n) is 9.82. The third-order valence-corrected chi connectivity index (χ3v) is 3.74. The first-order valence-corrected chi connectivity index (χ1v) is 6.66. The number of nitrogens with zero attached hydrogens (tertiary/aromatic N) is 4. The SMILES string of the molecule is c1c[nH]c(-c2nccn2-c2ccc3ncsc3c2)n1. The molecule has 0 radical (unpaired) electrons. The maximum absolute atomic E-state index is 4.36. The third-order valence-electron chi connectivity index (χ3n) is 2.94.